The number of carbonyl (C=O) groups is 1. The van der Waals surface area contributed by atoms with E-state index in [1.807, 2.05) is 63.8 Å². The molecule has 3 aromatic heterocycles. The third-order valence-electron chi connectivity index (χ3n) is 5.49. The summed E-state index contributed by atoms with van der Waals surface area (Å²) in [6.07, 6.45) is 7.47. The maximum absolute atomic E-state index is 10.6. The van der Waals surface area contributed by atoms with Gasteiger partial charge >= 0.3 is 0 Å². The highest BCUT2D eigenvalue weighted by molar-refractivity contribution is 5.86. The molecule has 1 amide bonds. The first-order chi connectivity index (χ1) is 19.0. The number of H-pyrrole nitrogens is 1. The zero-order valence-electron chi connectivity index (χ0n) is 23.9. The van der Waals surface area contributed by atoms with Crippen LogP contribution < -0.4 is 9.47 Å². The Morgan fingerprint density at radius 2 is 1.67 bits per heavy atom. The molecule has 9 heteroatoms. The number of likely N-dealkylation sites (tertiary alicyclic amines) is 1. The quantitative estimate of drug-likeness (QED) is 0.303. The molecular weight excluding hydrogens is 494 g/mol. The number of pyridine rings is 1. The molecule has 5 rings (SSSR count). The Morgan fingerprint density at radius 1 is 0.949 bits per heavy atom. The van der Waals surface area contributed by atoms with Crippen molar-refractivity contribution in [2.75, 3.05) is 26.3 Å². The number of aliphatic hydroxyl groups excluding tert-OH is 1. The van der Waals surface area contributed by atoms with Crippen LogP contribution in [0.2, 0.25) is 0 Å². The number of aliphatic hydroxyl groups is 1. The summed E-state index contributed by atoms with van der Waals surface area (Å²) in [5, 5.41) is 9.78. The number of aryl methyl sites for hydroxylation is 1. The van der Waals surface area contributed by atoms with Crippen LogP contribution in [0.5, 0.6) is 17.4 Å². The van der Waals surface area contributed by atoms with Gasteiger partial charge in [0.1, 0.15) is 23.8 Å². The van der Waals surface area contributed by atoms with Crippen molar-refractivity contribution in [3.63, 3.8) is 0 Å². The molecule has 4 aromatic rings. The molecule has 1 fully saturated rings. The largest absolute Gasteiger partial charge is 0.475 e. The lowest BCUT2D eigenvalue weighted by atomic mass is 10.2. The first-order valence-corrected chi connectivity index (χ1v) is 13.6. The standard InChI is InChI=1S/C20H18N4O3.C6H11NO.2C2H6/c1-13-10-22-19(12-21-13)18-9-14-8-15(2-4-17(14)24-18)27-16-3-5-20(23-11-16)26-7-6-25;1-6(8)7-4-2-3-5-7;2*1-2/h2-5,8-12,24-25H,6-7H2,1H3;2-5H2,1H3;2*1-2H3. The van der Waals surface area contributed by atoms with Crippen LogP contribution in [0.1, 0.15) is 53.2 Å². The SMILES string of the molecule is CC.CC.CC(=O)N1CCCC1.Cc1cnc(-c2cc3cc(Oc4ccc(OCCO)nc4)ccc3[nH]2)cn1. The van der Waals surface area contributed by atoms with E-state index in [-0.39, 0.29) is 19.1 Å². The van der Waals surface area contributed by atoms with Gasteiger partial charge in [-0.25, -0.2) is 4.98 Å². The highest BCUT2D eigenvalue weighted by atomic mass is 16.5. The number of nitrogens with zero attached hydrogens (tertiary/aromatic N) is 4. The van der Waals surface area contributed by atoms with Crippen LogP contribution in [0.3, 0.4) is 0 Å². The van der Waals surface area contributed by atoms with E-state index in [4.69, 9.17) is 14.6 Å². The number of hydrogen-bond donors (Lipinski definition) is 2. The zero-order valence-corrected chi connectivity index (χ0v) is 23.9. The fraction of sp³-hybridized carbons (Fsp3) is 0.400. The molecule has 2 N–H and O–H groups in total. The smallest absolute Gasteiger partial charge is 0.219 e. The van der Waals surface area contributed by atoms with Crippen molar-refractivity contribution in [1.29, 1.82) is 0 Å². The Balaban J connectivity index is 0.000000375. The Morgan fingerprint density at radius 3 is 2.23 bits per heavy atom. The van der Waals surface area contributed by atoms with E-state index in [0.717, 1.165) is 41.1 Å². The van der Waals surface area contributed by atoms with E-state index < -0.39 is 0 Å². The number of amides is 1. The summed E-state index contributed by atoms with van der Waals surface area (Å²) in [4.78, 5) is 28.6. The van der Waals surface area contributed by atoms with Crippen LogP contribution >= 0.6 is 0 Å². The minimum atomic E-state index is -0.0488. The van der Waals surface area contributed by atoms with E-state index in [1.54, 1.807) is 37.6 Å². The van der Waals surface area contributed by atoms with Crippen molar-refractivity contribution in [2.45, 2.75) is 54.4 Å². The summed E-state index contributed by atoms with van der Waals surface area (Å²) in [7, 11) is 0. The van der Waals surface area contributed by atoms with Crippen LogP contribution in [0, 0.1) is 6.92 Å². The molecule has 1 aliphatic heterocycles. The second-order valence-electron chi connectivity index (χ2n) is 8.19. The van der Waals surface area contributed by atoms with Gasteiger partial charge in [0.15, 0.2) is 0 Å². The summed E-state index contributed by atoms with van der Waals surface area (Å²) in [5.41, 5.74) is 3.57. The van der Waals surface area contributed by atoms with Crippen molar-refractivity contribution >= 4 is 16.8 Å². The molecule has 0 atom stereocenters. The summed E-state index contributed by atoms with van der Waals surface area (Å²) >= 11 is 0. The van der Waals surface area contributed by atoms with Crippen molar-refractivity contribution in [3.05, 3.63) is 60.7 Å². The average Bonchev–Trinajstić information content (AvgIpc) is 3.66. The summed E-state index contributed by atoms with van der Waals surface area (Å²) in [5.74, 6) is 1.98. The Labute approximate surface area is 231 Å². The number of ether oxygens (including phenoxy) is 2. The van der Waals surface area contributed by atoms with Gasteiger partial charge in [-0.2, -0.15) is 0 Å². The van der Waals surface area contributed by atoms with Crippen LogP contribution in [0.15, 0.2) is 55.0 Å². The first-order valence-electron chi connectivity index (χ1n) is 13.6. The summed E-state index contributed by atoms with van der Waals surface area (Å²) in [6.45, 7) is 13.7. The highest BCUT2D eigenvalue weighted by Crippen LogP contribution is 2.28. The molecular formula is C30H41N5O4. The molecule has 0 aliphatic carbocycles. The predicted octanol–water partition coefficient (Wildman–Crippen LogP) is 6.17. The van der Waals surface area contributed by atoms with E-state index in [1.165, 1.54) is 12.8 Å². The summed E-state index contributed by atoms with van der Waals surface area (Å²) in [6, 6.07) is 11.3. The van der Waals surface area contributed by atoms with Gasteiger partial charge in [-0.05, 0) is 50.1 Å². The van der Waals surface area contributed by atoms with Crippen LogP contribution in [-0.2, 0) is 4.79 Å². The minimum absolute atomic E-state index is 0.0488. The van der Waals surface area contributed by atoms with Crippen molar-refractivity contribution in [3.8, 4) is 28.8 Å². The predicted molar refractivity (Wildman–Crippen MR) is 155 cm³/mol. The van der Waals surface area contributed by atoms with Gasteiger partial charge in [0.2, 0.25) is 11.8 Å². The normalized spacial score (nSPS) is 11.8. The maximum atomic E-state index is 10.6. The molecule has 1 aromatic carbocycles. The minimum Gasteiger partial charge on any atom is -0.475 e. The van der Waals surface area contributed by atoms with Crippen molar-refractivity contribution in [2.24, 2.45) is 0 Å². The van der Waals surface area contributed by atoms with Crippen LogP contribution in [-0.4, -0.2) is 62.2 Å². The van der Waals surface area contributed by atoms with E-state index in [0.29, 0.717) is 17.4 Å². The van der Waals surface area contributed by atoms with Gasteiger partial charge < -0.3 is 24.5 Å². The number of hydrogen-bond acceptors (Lipinski definition) is 7. The highest BCUT2D eigenvalue weighted by Gasteiger charge is 2.12. The molecule has 1 aliphatic rings. The van der Waals surface area contributed by atoms with Gasteiger partial charge in [-0.1, -0.05) is 27.7 Å². The number of benzene rings is 1. The van der Waals surface area contributed by atoms with E-state index >= 15 is 0 Å². The number of fused-ring (bicyclic) bond motifs is 1. The maximum Gasteiger partial charge on any atom is 0.219 e. The Kier molecular flexibility index (Phi) is 13.4. The van der Waals surface area contributed by atoms with Gasteiger partial charge in [0, 0.05) is 43.2 Å². The number of carbonyl (C=O) groups excluding carboxylic acids is 1. The molecule has 1 saturated heterocycles. The molecule has 0 saturated carbocycles. The molecule has 9 nitrogen and oxygen atoms in total. The lowest BCUT2D eigenvalue weighted by molar-refractivity contribution is -0.127. The van der Waals surface area contributed by atoms with Crippen molar-refractivity contribution < 1.29 is 19.4 Å². The fourth-order valence-corrected chi connectivity index (χ4v) is 3.67. The van der Waals surface area contributed by atoms with E-state index in [2.05, 4.69) is 19.9 Å². The van der Waals surface area contributed by atoms with E-state index in [9.17, 15) is 4.79 Å². The van der Waals surface area contributed by atoms with Gasteiger partial charge in [0.25, 0.3) is 0 Å². The molecule has 210 valence electrons. The second kappa shape index (κ2) is 16.8. The number of aromatic amines is 1. The lowest BCUT2D eigenvalue weighted by Crippen LogP contribution is -2.24. The van der Waals surface area contributed by atoms with Gasteiger partial charge in [-0.15, -0.1) is 0 Å². The van der Waals surface area contributed by atoms with Crippen LogP contribution in [0.4, 0.5) is 0 Å². The second-order valence-corrected chi connectivity index (χ2v) is 8.19. The lowest BCUT2D eigenvalue weighted by Gasteiger charge is -2.10. The van der Waals surface area contributed by atoms with Gasteiger partial charge in [-0.3, -0.25) is 14.8 Å². The molecule has 0 bridgehead atoms. The fourth-order valence-electron chi connectivity index (χ4n) is 3.67. The number of aromatic nitrogens is 4. The van der Waals surface area contributed by atoms with Gasteiger partial charge in [0.05, 0.1) is 30.4 Å². The summed E-state index contributed by atoms with van der Waals surface area (Å²) < 4.78 is 11.1. The Hall–Kier alpha value is -3.98. The molecule has 39 heavy (non-hydrogen) atoms. The molecule has 0 radical (unpaired) electrons. The monoisotopic (exact) mass is 535 g/mol. The third-order valence-corrected chi connectivity index (χ3v) is 5.49. The zero-order chi connectivity index (χ0) is 28.6. The molecule has 0 spiro atoms. The van der Waals surface area contributed by atoms with Crippen molar-refractivity contribution in [1.82, 2.24) is 24.8 Å². The molecule has 4 heterocycles. The topological polar surface area (TPSA) is 113 Å². The van der Waals surface area contributed by atoms with Crippen LogP contribution in [0.25, 0.3) is 22.3 Å². The molecule has 0 unspecified atom stereocenters. The first kappa shape index (κ1) is 31.2. The Bertz CT molecular complexity index is 1250. The number of nitrogens with one attached hydrogen (secondary N) is 1. The number of rotatable bonds is 6. The third kappa shape index (κ3) is 9.68. The average molecular weight is 536 g/mol.